The van der Waals surface area contributed by atoms with Gasteiger partial charge >= 0.3 is 0 Å². The van der Waals surface area contributed by atoms with Crippen LogP contribution >= 0.6 is 11.8 Å². The molecule has 3 heteroatoms. The molecule has 3 aromatic carbocycles. The Morgan fingerprint density at radius 2 is 1.62 bits per heavy atom. The number of hydrogen-bond acceptors (Lipinski definition) is 3. The van der Waals surface area contributed by atoms with Crippen LogP contribution < -0.4 is 4.90 Å². The minimum absolute atomic E-state index is 0.0178. The summed E-state index contributed by atoms with van der Waals surface area (Å²) in [5.41, 5.74) is 14.3. The van der Waals surface area contributed by atoms with Crippen molar-refractivity contribution in [2.75, 3.05) is 4.90 Å². The summed E-state index contributed by atoms with van der Waals surface area (Å²) in [6.45, 7) is 9.72. The largest absolute Gasteiger partial charge is 0.314 e. The number of benzene rings is 3. The van der Waals surface area contributed by atoms with E-state index in [0.717, 1.165) is 17.7 Å². The highest BCUT2D eigenvalue weighted by molar-refractivity contribution is 8.17. The fraction of sp³-hybridized carbons (Fsp3) is 0.295. The van der Waals surface area contributed by atoms with E-state index in [-0.39, 0.29) is 26.8 Å². The normalized spacial score (nSPS) is 33.2. The summed E-state index contributed by atoms with van der Waals surface area (Å²) in [4.78, 5) is 15.6. The van der Waals surface area contributed by atoms with Gasteiger partial charge in [-0.25, -0.2) is 0 Å². The first-order chi connectivity index (χ1) is 22.7. The summed E-state index contributed by atoms with van der Waals surface area (Å²) in [5, 5.41) is 0.136. The Morgan fingerprint density at radius 3 is 2.38 bits per heavy atom. The molecule has 1 spiro atoms. The van der Waals surface area contributed by atoms with Crippen molar-refractivity contribution in [2.45, 2.75) is 57.8 Å². The van der Waals surface area contributed by atoms with E-state index in [9.17, 15) is 4.79 Å². The molecule has 0 aromatic heterocycles. The molecule has 2 nitrogen and oxygen atoms in total. The summed E-state index contributed by atoms with van der Waals surface area (Å²) in [7, 11) is 0. The van der Waals surface area contributed by atoms with Crippen LogP contribution in [0.15, 0.2) is 132 Å². The quantitative estimate of drug-likeness (QED) is 0.280. The van der Waals surface area contributed by atoms with Crippen molar-refractivity contribution >= 4 is 28.1 Å². The predicted octanol–water partition coefficient (Wildman–Crippen LogP) is 10.6. The number of anilines is 1. The molecule has 232 valence electrons. The molecule has 0 bridgehead atoms. The van der Waals surface area contributed by atoms with Crippen LogP contribution in [0.4, 0.5) is 5.69 Å². The molecule has 5 unspecified atom stereocenters. The average molecular weight is 630 g/mol. The molecular weight excluding hydrogens is 591 g/mol. The monoisotopic (exact) mass is 629 g/mol. The molecule has 47 heavy (non-hydrogen) atoms. The zero-order valence-corrected chi connectivity index (χ0v) is 28.3. The van der Waals surface area contributed by atoms with Gasteiger partial charge < -0.3 is 4.90 Å². The van der Waals surface area contributed by atoms with Gasteiger partial charge in [-0.2, -0.15) is 0 Å². The number of carbonyl (C=O) groups excluding carboxylic acids is 1. The van der Waals surface area contributed by atoms with Crippen molar-refractivity contribution in [1.82, 2.24) is 0 Å². The lowest BCUT2D eigenvalue weighted by molar-refractivity contribution is -0.106. The molecule has 0 saturated heterocycles. The van der Waals surface area contributed by atoms with Crippen LogP contribution in [0.25, 0.3) is 16.7 Å². The molecule has 0 amide bonds. The number of rotatable bonds is 5. The molecule has 6 aliphatic carbocycles. The molecule has 7 aliphatic rings. The number of allylic oxidation sites excluding steroid dienone is 9. The number of nitrogens with zero attached hydrogens (tertiary/aromatic N) is 1. The van der Waals surface area contributed by atoms with Gasteiger partial charge in [-0.05, 0) is 112 Å². The van der Waals surface area contributed by atoms with E-state index in [1.54, 1.807) is 6.08 Å². The maximum Gasteiger partial charge on any atom is 0.216 e. The molecular formula is C44H39NOS. The molecule has 0 N–H and O–H groups in total. The zero-order chi connectivity index (χ0) is 31.9. The summed E-state index contributed by atoms with van der Waals surface area (Å²) in [6.07, 6.45) is 21.6. The fourth-order valence-corrected chi connectivity index (χ4v) is 11.0. The van der Waals surface area contributed by atoms with Gasteiger partial charge in [0.25, 0.3) is 0 Å². The Labute approximate surface area is 282 Å². The summed E-state index contributed by atoms with van der Waals surface area (Å²) < 4.78 is 0. The van der Waals surface area contributed by atoms with E-state index < -0.39 is 0 Å². The molecule has 10 rings (SSSR count). The minimum Gasteiger partial charge on any atom is -0.314 e. The first-order valence-corrected chi connectivity index (χ1v) is 18.1. The fourth-order valence-electron chi connectivity index (χ4n) is 10.2. The van der Waals surface area contributed by atoms with E-state index in [4.69, 9.17) is 0 Å². The topological polar surface area (TPSA) is 20.3 Å². The third kappa shape index (κ3) is 3.51. The molecule has 1 aliphatic heterocycles. The lowest BCUT2D eigenvalue weighted by atomic mass is 9.71. The van der Waals surface area contributed by atoms with Gasteiger partial charge in [0.15, 0.2) is 0 Å². The lowest BCUT2D eigenvalue weighted by Gasteiger charge is -2.37. The second-order valence-corrected chi connectivity index (χ2v) is 16.6. The molecule has 0 radical (unpaired) electrons. The van der Waals surface area contributed by atoms with E-state index in [1.807, 2.05) is 6.08 Å². The SMILES string of the molecule is CCC1(C)c2ccccc2-c2ccc(N(C3=CC4CC4(/C=C4\C=CC(=O)S4)C=C3)C3=CC=C4c5ccccc5C(C)(C)C45CC35)cc21. The van der Waals surface area contributed by atoms with Crippen molar-refractivity contribution in [1.29, 1.82) is 0 Å². The van der Waals surface area contributed by atoms with Gasteiger partial charge in [0, 0.05) is 49.6 Å². The van der Waals surface area contributed by atoms with Crippen molar-refractivity contribution < 1.29 is 4.79 Å². The number of carbonyl (C=O) groups is 1. The van der Waals surface area contributed by atoms with Crippen molar-refractivity contribution in [2.24, 2.45) is 22.7 Å². The van der Waals surface area contributed by atoms with Crippen molar-refractivity contribution in [3.05, 3.63) is 154 Å². The molecule has 5 atom stereocenters. The van der Waals surface area contributed by atoms with Crippen LogP contribution in [0.2, 0.25) is 0 Å². The van der Waals surface area contributed by atoms with Gasteiger partial charge in [0.05, 0.1) is 0 Å². The predicted molar refractivity (Wildman–Crippen MR) is 195 cm³/mol. The second kappa shape index (κ2) is 9.08. The maximum atomic E-state index is 11.9. The van der Waals surface area contributed by atoms with Gasteiger partial charge in [-0.1, -0.05) is 107 Å². The number of fused-ring (bicyclic) bond motifs is 6. The van der Waals surface area contributed by atoms with Crippen LogP contribution in [-0.2, 0) is 15.6 Å². The van der Waals surface area contributed by atoms with Crippen LogP contribution in [0.5, 0.6) is 0 Å². The van der Waals surface area contributed by atoms with Crippen molar-refractivity contribution in [3.63, 3.8) is 0 Å². The first-order valence-electron chi connectivity index (χ1n) is 17.3. The van der Waals surface area contributed by atoms with Crippen LogP contribution in [-0.4, -0.2) is 5.12 Å². The van der Waals surface area contributed by atoms with Crippen LogP contribution in [0.1, 0.15) is 69.2 Å². The van der Waals surface area contributed by atoms with E-state index in [0.29, 0.717) is 11.8 Å². The Hall–Kier alpha value is -4.08. The highest BCUT2D eigenvalue weighted by Gasteiger charge is 2.71. The third-order valence-electron chi connectivity index (χ3n) is 13.2. The lowest BCUT2D eigenvalue weighted by Crippen LogP contribution is -2.32. The summed E-state index contributed by atoms with van der Waals surface area (Å²) in [6, 6.07) is 25.4. The third-order valence-corrected chi connectivity index (χ3v) is 14.0. The smallest absolute Gasteiger partial charge is 0.216 e. The molecule has 2 saturated carbocycles. The van der Waals surface area contributed by atoms with Crippen molar-refractivity contribution in [3.8, 4) is 11.1 Å². The average Bonchev–Trinajstić information content (AvgIpc) is 3.93. The Balaban J connectivity index is 1.11. The van der Waals surface area contributed by atoms with E-state index in [2.05, 4.69) is 136 Å². The Kier molecular flexibility index (Phi) is 5.41. The standard InChI is InChI=1S/C44H39NOS/c1-5-42(4)35-13-9-6-10-31(35)32-16-14-28(23-37(32)42)45(29-20-21-43(24-27(43)22-29)25-30-15-19-40(46)47-30)39-18-17-36-33-11-7-8-12-34(33)41(2,3)44(36)26-38(39)44/h6-23,25,27,38H,5,24,26H2,1-4H3/b30-25+. The van der Waals surface area contributed by atoms with Gasteiger partial charge in [0.2, 0.25) is 5.12 Å². The van der Waals surface area contributed by atoms with Crippen LogP contribution in [0, 0.1) is 22.7 Å². The summed E-state index contributed by atoms with van der Waals surface area (Å²) in [5.74, 6) is 0.902. The number of thioether (sulfide) groups is 1. The van der Waals surface area contributed by atoms with E-state index in [1.165, 1.54) is 74.2 Å². The highest BCUT2D eigenvalue weighted by atomic mass is 32.2. The molecule has 3 aromatic rings. The first kappa shape index (κ1) is 28.0. The van der Waals surface area contributed by atoms with Crippen LogP contribution in [0.3, 0.4) is 0 Å². The second-order valence-electron chi connectivity index (χ2n) is 15.5. The van der Waals surface area contributed by atoms with Gasteiger partial charge in [0.1, 0.15) is 0 Å². The summed E-state index contributed by atoms with van der Waals surface area (Å²) >= 11 is 1.36. The maximum absolute atomic E-state index is 11.9. The Bertz CT molecular complexity index is 2160. The Morgan fingerprint density at radius 1 is 0.851 bits per heavy atom. The van der Waals surface area contributed by atoms with E-state index >= 15 is 0 Å². The number of hydrogen-bond donors (Lipinski definition) is 0. The van der Waals surface area contributed by atoms with Gasteiger partial charge in [-0.15, -0.1) is 0 Å². The zero-order valence-electron chi connectivity index (χ0n) is 27.5. The molecule has 1 heterocycles. The van der Waals surface area contributed by atoms with Gasteiger partial charge in [-0.3, -0.25) is 4.79 Å². The minimum atomic E-state index is -0.0178. The molecule has 2 fully saturated rings. The highest BCUT2D eigenvalue weighted by Crippen LogP contribution is 2.78.